The molecule has 4 nitrogen and oxygen atoms in total. The highest BCUT2D eigenvalue weighted by Gasteiger charge is 2.21. The second-order valence-corrected chi connectivity index (χ2v) is 5.69. The minimum absolute atomic E-state index is 0.544. The summed E-state index contributed by atoms with van der Waals surface area (Å²) in [5.74, 6) is 6.35. The zero-order chi connectivity index (χ0) is 14.8. The molecule has 0 aromatic heterocycles. The van der Waals surface area contributed by atoms with E-state index in [1.165, 1.54) is 0 Å². The van der Waals surface area contributed by atoms with Crippen LogP contribution in [0.4, 0.5) is 0 Å². The van der Waals surface area contributed by atoms with Crippen molar-refractivity contribution in [1.82, 2.24) is 0 Å². The molecule has 1 aliphatic heterocycles. The van der Waals surface area contributed by atoms with Gasteiger partial charge in [0.05, 0.1) is 24.5 Å². The maximum atomic E-state index is 9.29. The van der Waals surface area contributed by atoms with Gasteiger partial charge >= 0.3 is 0 Å². The van der Waals surface area contributed by atoms with Crippen LogP contribution in [0.15, 0.2) is 51.3 Å². The Kier molecular flexibility index (Phi) is 3.55. The van der Waals surface area contributed by atoms with Crippen molar-refractivity contribution in [2.75, 3.05) is 7.11 Å². The molecule has 0 spiro atoms. The summed E-state index contributed by atoms with van der Waals surface area (Å²) >= 11 is 1.63. The molecular weight excluding hydrogens is 282 g/mol. The average molecular weight is 295 g/mol. The van der Waals surface area contributed by atoms with E-state index in [0.29, 0.717) is 12.0 Å². The topological polar surface area (TPSA) is 71.4 Å². The standard InChI is InChI=1S/C16H13N3OS/c1-20-11-5-6-16-13(7-11)14(19-18)8-12-10(9-17)3-2-4-15(12)21-16/h2-7H,8,18H2,1H3. The Balaban J connectivity index is 2.20. The molecule has 1 heterocycles. The van der Waals surface area contributed by atoms with Gasteiger partial charge in [-0.3, -0.25) is 0 Å². The summed E-state index contributed by atoms with van der Waals surface area (Å²) in [6, 6.07) is 13.8. The third kappa shape index (κ3) is 2.34. The highest BCUT2D eigenvalue weighted by molar-refractivity contribution is 7.99. The second kappa shape index (κ2) is 5.51. The van der Waals surface area contributed by atoms with Crippen LogP contribution in [0.5, 0.6) is 5.75 Å². The number of benzene rings is 2. The lowest BCUT2D eigenvalue weighted by molar-refractivity contribution is 0.414. The molecule has 0 amide bonds. The van der Waals surface area contributed by atoms with Crippen LogP contribution in [0.1, 0.15) is 16.7 Å². The van der Waals surface area contributed by atoms with Crippen molar-refractivity contribution >= 4 is 17.5 Å². The summed E-state index contributed by atoms with van der Waals surface area (Å²) in [5, 5.41) is 13.2. The predicted octanol–water partition coefficient (Wildman–Crippen LogP) is 2.94. The Morgan fingerprint density at radius 3 is 2.86 bits per heavy atom. The van der Waals surface area contributed by atoms with Crippen molar-refractivity contribution in [3.8, 4) is 11.8 Å². The normalized spacial score (nSPS) is 14.8. The number of nitrogens with two attached hydrogens (primary N) is 1. The van der Waals surface area contributed by atoms with Crippen molar-refractivity contribution < 1.29 is 4.74 Å². The van der Waals surface area contributed by atoms with Crippen LogP contribution in [-0.4, -0.2) is 12.8 Å². The highest BCUT2D eigenvalue weighted by atomic mass is 32.2. The Morgan fingerprint density at radius 2 is 2.14 bits per heavy atom. The van der Waals surface area contributed by atoms with Gasteiger partial charge in [0.1, 0.15) is 5.75 Å². The second-order valence-electron chi connectivity index (χ2n) is 4.61. The van der Waals surface area contributed by atoms with Gasteiger partial charge in [-0.15, -0.1) is 0 Å². The molecule has 0 bridgehead atoms. The molecule has 0 saturated heterocycles. The Morgan fingerprint density at radius 1 is 1.29 bits per heavy atom. The number of hydrogen-bond acceptors (Lipinski definition) is 5. The van der Waals surface area contributed by atoms with Crippen LogP contribution in [-0.2, 0) is 6.42 Å². The molecule has 0 unspecified atom stereocenters. The quantitative estimate of drug-likeness (QED) is 0.648. The Bertz CT molecular complexity index is 778. The van der Waals surface area contributed by atoms with Gasteiger partial charge in [-0.25, -0.2) is 0 Å². The van der Waals surface area contributed by atoms with Crippen molar-refractivity contribution in [2.45, 2.75) is 16.2 Å². The monoisotopic (exact) mass is 295 g/mol. The number of fused-ring (bicyclic) bond motifs is 2. The van der Waals surface area contributed by atoms with E-state index >= 15 is 0 Å². The largest absolute Gasteiger partial charge is 0.497 e. The van der Waals surface area contributed by atoms with Gasteiger partial charge in [-0.05, 0) is 35.9 Å². The zero-order valence-electron chi connectivity index (χ0n) is 11.5. The van der Waals surface area contributed by atoms with E-state index in [1.807, 2.05) is 36.4 Å². The number of rotatable bonds is 1. The van der Waals surface area contributed by atoms with Crippen LogP contribution < -0.4 is 10.6 Å². The molecule has 0 radical (unpaired) electrons. The average Bonchev–Trinajstić information content (AvgIpc) is 2.69. The number of nitriles is 1. The van der Waals surface area contributed by atoms with Gasteiger partial charge in [0.25, 0.3) is 0 Å². The van der Waals surface area contributed by atoms with E-state index in [0.717, 1.165) is 32.4 Å². The summed E-state index contributed by atoms with van der Waals surface area (Å²) in [5.41, 5.74) is 3.37. The first-order valence-electron chi connectivity index (χ1n) is 6.42. The number of methoxy groups -OCH3 is 1. The molecule has 104 valence electrons. The van der Waals surface area contributed by atoms with Crippen LogP contribution in [0.3, 0.4) is 0 Å². The molecule has 0 fully saturated rings. The molecule has 5 heteroatoms. The molecule has 1 aliphatic rings. The molecule has 0 atom stereocenters. The van der Waals surface area contributed by atoms with Crippen molar-refractivity contribution in [1.29, 1.82) is 5.26 Å². The summed E-state index contributed by atoms with van der Waals surface area (Å²) in [7, 11) is 1.63. The smallest absolute Gasteiger partial charge is 0.119 e. The zero-order valence-corrected chi connectivity index (χ0v) is 12.3. The van der Waals surface area contributed by atoms with E-state index in [2.05, 4.69) is 11.2 Å². The summed E-state index contributed by atoms with van der Waals surface area (Å²) < 4.78 is 5.28. The van der Waals surface area contributed by atoms with Gasteiger partial charge in [0.15, 0.2) is 0 Å². The maximum Gasteiger partial charge on any atom is 0.119 e. The third-order valence-corrected chi connectivity index (χ3v) is 4.65. The van der Waals surface area contributed by atoms with Gasteiger partial charge in [0, 0.05) is 21.8 Å². The van der Waals surface area contributed by atoms with Crippen LogP contribution in [0.25, 0.3) is 0 Å². The first kappa shape index (κ1) is 13.5. The maximum absolute atomic E-state index is 9.29. The minimum atomic E-state index is 0.544. The fraction of sp³-hybridized carbons (Fsp3) is 0.125. The molecule has 0 saturated carbocycles. The van der Waals surface area contributed by atoms with Crippen molar-refractivity contribution in [3.63, 3.8) is 0 Å². The minimum Gasteiger partial charge on any atom is -0.497 e. The lowest BCUT2D eigenvalue weighted by Crippen LogP contribution is -2.09. The fourth-order valence-electron chi connectivity index (χ4n) is 2.40. The molecule has 0 aliphatic carbocycles. The van der Waals surface area contributed by atoms with Gasteiger partial charge in [0.2, 0.25) is 0 Å². The lowest BCUT2D eigenvalue weighted by atomic mass is 9.98. The van der Waals surface area contributed by atoms with E-state index in [1.54, 1.807) is 18.9 Å². The molecule has 2 aromatic carbocycles. The molecular formula is C16H13N3OS. The van der Waals surface area contributed by atoms with E-state index in [9.17, 15) is 5.26 Å². The lowest BCUT2D eigenvalue weighted by Gasteiger charge is -2.08. The summed E-state index contributed by atoms with van der Waals surface area (Å²) in [6.07, 6.45) is 0.544. The first-order valence-corrected chi connectivity index (χ1v) is 7.23. The van der Waals surface area contributed by atoms with Gasteiger partial charge in [-0.2, -0.15) is 10.4 Å². The van der Waals surface area contributed by atoms with Crippen molar-refractivity contribution in [2.24, 2.45) is 10.9 Å². The van der Waals surface area contributed by atoms with E-state index in [4.69, 9.17) is 10.6 Å². The van der Waals surface area contributed by atoms with E-state index in [-0.39, 0.29) is 0 Å². The molecule has 2 N–H and O–H groups in total. The fourth-order valence-corrected chi connectivity index (χ4v) is 3.51. The molecule has 2 aromatic rings. The van der Waals surface area contributed by atoms with Gasteiger partial charge in [-0.1, -0.05) is 17.8 Å². The van der Waals surface area contributed by atoms with Crippen LogP contribution in [0.2, 0.25) is 0 Å². The Labute approximate surface area is 127 Å². The Hall–Kier alpha value is -2.45. The summed E-state index contributed by atoms with van der Waals surface area (Å²) in [4.78, 5) is 2.13. The first-order chi connectivity index (χ1) is 10.3. The molecule has 3 rings (SSSR count). The number of hydrogen-bond donors (Lipinski definition) is 1. The SMILES string of the molecule is COc1ccc2c(c1)C(=NN)Cc1c(C#N)cccc1S2. The van der Waals surface area contributed by atoms with Gasteiger partial charge < -0.3 is 10.6 Å². The predicted molar refractivity (Wildman–Crippen MR) is 82.7 cm³/mol. The third-order valence-electron chi connectivity index (χ3n) is 3.47. The van der Waals surface area contributed by atoms with Crippen LogP contribution >= 0.6 is 11.8 Å². The summed E-state index contributed by atoms with van der Waals surface area (Å²) in [6.45, 7) is 0. The van der Waals surface area contributed by atoms with Crippen molar-refractivity contribution in [3.05, 3.63) is 53.1 Å². The number of hydrazone groups is 1. The van der Waals surface area contributed by atoms with E-state index < -0.39 is 0 Å². The number of ether oxygens (including phenoxy) is 1. The molecule has 21 heavy (non-hydrogen) atoms. The highest BCUT2D eigenvalue weighted by Crippen LogP contribution is 2.39. The van der Waals surface area contributed by atoms with Crippen LogP contribution in [0, 0.1) is 11.3 Å². The number of nitrogens with zero attached hydrogens (tertiary/aromatic N) is 2.